The number of benzene rings is 1. The minimum absolute atomic E-state index is 0. The van der Waals surface area contributed by atoms with Crippen LogP contribution in [0.1, 0.15) is 31.9 Å². The van der Waals surface area contributed by atoms with E-state index in [1.165, 1.54) is 5.56 Å². The molecular weight excluding hydrogens is 361 g/mol. The zero-order valence-electron chi connectivity index (χ0n) is 15.2. The number of hydrogen-bond donors (Lipinski definition) is 2. The van der Waals surface area contributed by atoms with Crippen LogP contribution in [0.2, 0.25) is 0 Å². The largest absolute Gasteiger partial charge is 0.373 e. The summed E-state index contributed by atoms with van der Waals surface area (Å²) < 4.78 is 5.77. The zero-order chi connectivity index (χ0) is 16.8. The van der Waals surface area contributed by atoms with E-state index in [2.05, 4.69) is 48.3 Å². The summed E-state index contributed by atoms with van der Waals surface area (Å²) in [5.74, 6) is -0.132. The van der Waals surface area contributed by atoms with Gasteiger partial charge >= 0.3 is 0 Å². The molecule has 7 heteroatoms. The lowest BCUT2D eigenvalue weighted by molar-refractivity contribution is -0.124. The first-order valence-electron chi connectivity index (χ1n) is 8.41. The van der Waals surface area contributed by atoms with E-state index in [1.807, 2.05) is 6.92 Å². The fourth-order valence-electron chi connectivity index (χ4n) is 2.90. The molecule has 3 unspecified atom stereocenters. The van der Waals surface area contributed by atoms with Gasteiger partial charge in [-0.3, -0.25) is 9.69 Å². The SMILES string of the molecule is CC1CN(Cc2ccc(CNC(=O)C(C)CN)cc2)CC(C)O1.Cl.Cl. The van der Waals surface area contributed by atoms with Crippen molar-refractivity contribution in [2.75, 3.05) is 19.6 Å². The van der Waals surface area contributed by atoms with Crippen LogP contribution in [0.3, 0.4) is 0 Å². The third-order valence-electron chi connectivity index (χ3n) is 4.19. The molecule has 3 atom stereocenters. The molecule has 0 aliphatic carbocycles. The fraction of sp³-hybridized carbons (Fsp3) is 0.611. The maximum Gasteiger partial charge on any atom is 0.224 e. The maximum absolute atomic E-state index is 11.7. The van der Waals surface area contributed by atoms with Crippen molar-refractivity contribution in [2.45, 2.75) is 46.1 Å². The lowest BCUT2D eigenvalue weighted by Gasteiger charge is -2.35. The quantitative estimate of drug-likeness (QED) is 0.780. The Morgan fingerprint density at radius 3 is 2.24 bits per heavy atom. The predicted molar refractivity (Wildman–Crippen MR) is 106 cm³/mol. The van der Waals surface area contributed by atoms with Gasteiger partial charge in [-0.2, -0.15) is 0 Å². The molecule has 0 saturated carbocycles. The molecule has 1 fully saturated rings. The topological polar surface area (TPSA) is 67.6 Å². The van der Waals surface area contributed by atoms with Crippen LogP contribution in [-0.2, 0) is 22.6 Å². The first kappa shape index (κ1) is 24.1. The fourth-order valence-corrected chi connectivity index (χ4v) is 2.90. The Labute approximate surface area is 163 Å². The Hall–Kier alpha value is -0.850. The molecule has 3 N–H and O–H groups in total. The van der Waals surface area contributed by atoms with Crippen LogP contribution in [-0.4, -0.2) is 42.6 Å². The molecule has 0 radical (unpaired) electrons. The molecule has 0 aromatic heterocycles. The number of amides is 1. The minimum atomic E-state index is -0.139. The summed E-state index contributed by atoms with van der Waals surface area (Å²) in [4.78, 5) is 14.2. The first-order chi connectivity index (χ1) is 11.0. The van der Waals surface area contributed by atoms with Crippen LogP contribution in [0.4, 0.5) is 0 Å². The van der Waals surface area contributed by atoms with Gasteiger partial charge in [0.1, 0.15) is 0 Å². The highest BCUT2D eigenvalue weighted by molar-refractivity contribution is 5.85. The number of halogens is 2. The van der Waals surface area contributed by atoms with E-state index in [0.717, 1.165) is 25.2 Å². The van der Waals surface area contributed by atoms with E-state index in [1.54, 1.807) is 0 Å². The first-order valence-corrected chi connectivity index (χ1v) is 8.41. The second kappa shape index (κ2) is 11.7. The Morgan fingerprint density at radius 1 is 1.20 bits per heavy atom. The number of nitrogens with two attached hydrogens (primary N) is 1. The van der Waals surface area contributed by atoms with E-state index in [4.69, 9.17) is 10.5 Å². The van der Waals surface area contributed by atoms with Gasteiger partial charge in [0.15, 0.2) is 0 Å². The van der Waals surface area contributed by atoms with Crippen molar-refractivity contribution in [3.63, 3.8) is 0 Å². The van der Waals surface area contributed by atoms with Crippen molar-refractivity contribution in [3.05, 3.63) is 35.4 Å². The summed E-state index contributed by atoms with van der Waals surface area (Å²) >= 11 is 0. The van der Waals surface area contributed by atoms with E-state index in [0.29, 0.717) is 13.1 Å². The number of hydrogen-bond acceptors (Lipinski definition) is 4. The molecule has 1 aliphatic rings. The van der Waals surface area contributed by atoms with Gasteiger partial charge in [-0.15, -0.1) is 24.8 Å². The van der Waals surface area contributed by atoms with Crippen LogP contribution in [0.15, 0.2) is 24.3 Å². The van der Waals surface area contributed by atoms with Gasteiger partial charge in [0.2, 0.25) is 5.91 Å². The van der Waals surface area contributed by atoms with Gasteiger partial charge < -0.3 is 15.8 Å². The highest BCUT2D eigenvalue weighted by Gasteiger charge is 2.21. The number of carbonyl (C=O) groups is 1. The average molecular weight is 392 g/mol. The summed E-state index contributed by atoms with van der Waals surface area (Å²) in [6, 6.07) is 8.43. The monoisotopic (exact) mass is 391 g/mol. The highest BCUT2D eigenvalue weighted by atomic mass is 35.5. The smallest absolute Gasteiger partial charge is 0.224 e. The molecule has 2 rings (SSSR count). The standard InChI is InChI=1S/C18H29N3O2.2ClH/c1-13(8-19)18(22)20-9-16-4-6-17(7-5-16)12-21-10-14(2)23-15(3)11-21;;/h4-7,13-15H,8-12,19H2,1-3H3,(H,20,22);2*1H. The van der Waals surface area contributed by atoms with Crippen LogP contribution in [0.25, 0.3) is 0 Å². The molecule has 1 heterocycles. The number of morpholine rings is 1. The van der Waals surface area contributed by atoms with Gasteiger partial charge in [-0.25, -0.2) is 0 Å². The van der Waals surface area contributed by atoms with Crippen molar-refractivity contribution in [2.24, 2.45) is 11.7 Å². The summed E-state index contributed by atoms with van der Waals surface area (Å²) in [7, 11) is 0. The Morgan fingerprint density at radius 2 is 1.72 bits per heavy atom. The van der Waals surface area contributed by atoms with Crippen molar-refractivity contribution in [1.29, 1.82) is 0 Å². The predicted octanol–water partition coefficient (Wildman–Crippen LogP) is 2.35. The Balaban J connectivity index is 0.00000288. The number of carbonyl (C=O) groups excluding carboxylic acids is 1. The maximum atomic E-state index is 11.7. The normalized spacial score (nSPS) is 21.6. The molecule has 1 aliphatic heterocycles. The van der Waals surface area contributed by atoms with Crippen LogP contribution in [0, 0.1) is 5.92 Å². The van der Waals surface area contributed by atoms with Crippen molar-refractivity contribution < 1.29 is 9.53 Å². The molecule has 144 valence electrons. The average Bonchev–Trinajstić information content (AvgIpc) is 2.52. The Kier molecular flexibility index (Phi) is 11.3. The van der Waals surface area contributed by atoms with E-state index < -0.39 is 0 Å². The van der Waals surface area contributed by atoms with Gasteiger partial charge in [-0.05, 0) is 25.0 Å². The molecule has 0 spiro atoms. The van der Waals surface area contributed by atoms with Crippen molar-refractivity contribution in [1.82, 2.24) is 10.2 Å². The summed E-state index contributed by atoms with van der Waals surface area (Å²) in [5, 5.41) is 2.92. The Bertz CT molecular complexity index is 504. The van der Waals surface area contributed by atoms with Crippen molar-refractivity contribution in [3.8, 4) is 0 Å². The second-order valence-corrected chi connectivity index (χ2v) is 6.62. The molecule has 25 heavy (non-hydrogen) atoms. The lowest BCUT2D eigenvalue weighted by Crippen LogP contribution is -2.44. The van der Waals surface area contributed by atoms with Crippen LogP contribution >= 0.6 is 24.8 Å². The molecule has 5 nitrogen and oxygen atoms in total. The van der Waals surface area contributed by atoms with Gasteiger partial charge in [0.05, 0.1) is 12.2 Å². The molecular formula is C18H31Cl2N3O2. The van der Waals surface area contributed by atoms with E-state index in [9.17, 15) is 4.79 Å². The zero-order valence-corrected chi connectivity index (χ0v) is 16.9. The number of nitrogens with one attached hydrogen (secondary N) is 1. The van der Waals surface area contributed by atoms with E-state index in [-0.39, 0.29) is 48.8 Å². The van der Waals surface area contributed by atoms with Gasteiger partial charge in [-0.1, -0.05) is 31.2 Å². The van der Waals surface area contributed by atoms with Crippen LogP contribution in [0.5, 0.6) is 0 Å². The third-order valence-corrected chi connectivity index (χ3v) is 4.19. The highest BCUT2D eigenvalue weighted by Crippen LogP contribution is 2.14. The van der Waals surface area contributed by atoms with Crippen molar-refractivity contribution >= 4 is 30.7 Å². The summed E-state index contributed by atoms with van der Waals surface area (Å²) in [6.45, 7) is 9.89. The molecule has 1 amide bonds. The summed E-state index contributed by atoms with van der Waals surface area (Å²) in [5.41, 5.74) is 7.89. The number of nitrogens with zero attached hydrogens (tertiary/aromatic N) is 1. The molecule has 1 aromatic rings. The lowest BCUT2D eigenvalue weighted by atomic mass is 10.1. The molecule has 1 aromatic carbocycles. The van der Waals surface area contributed by atoms with E-state index >= 15 is 0 Å². The second-order valence-electron chi connectivity index (χ2n) is 6.62. The third kappa shape index (κ3) is 7.92. The summed E-state index contributed by atoms with van der Waals surface area (Å²) in [6.07, 6.45) is 0.579. The molecule has 0 bridgehead atoms. The number of rotatable bonds is 6. The van der Waals surface area contributed by atoms with Gasteiger partial charge in [0, 0.05) is 38.6 Å². The van der Waals surface area contributed by atoms with Crippen LogP contribution < -0.4 is 11.1 Å². The molecule has 1 saturated heterocycles. The number of ether oxygens (including phenoxy) is 1. The van der Waals surface area contributed by atoms with Gasteiger partial charge in [0.25, 0.3) is 0 Å². The minimum Gasteiger partial charge on any atom is -0.373 e.